The molecule has 5 rings (SSSR count). The number of morpholine rings is 1. The molecule has 0 unspecified atom stereocenters. The van der Waals surface area contributed by atoms with Gasteiger partial charge < -0.3 is 24.2 Å². The van der Waals surface area contributed by atoms with Gasteiger partial charge in [0.1, 0.15) is 22.8 Å². The van der Waals surface area contributed by atoms with Gasteiger partial charge in [0.2, 0.25) is 0 Å². The second-order valence-electron chi connectivity index (χ2n) is 9.03. The molecule has 2 saturated heterocycles. The van der Waals surface area contributed by atoms with Gasteiger partial charge in [-0.3, -0.25) is 18.9 Å². The molecule has 0 aliphatic carbocycles. The summed E-state index contributed by atoms with van der Waals surface area (Å²) in [6, 6.07) is 9.82. The lowest BCUT2D eigenvalue weighted by Crippen LogP contribution is -2.42. The number of hydrogen-bond donors (Lipinski definition) is 1. The summed E-state index contributed by atoms with van der Waals surface area (Å²) < 4.78 is 18.2. The fourth-order valence-corrected chi connectivity index (χ4v) is 5.09. The topological polar surface area (TPSA) is 106 Å². The van der Waals surface area contributed by atoms with Crippen LogP contribution in [0.4, 0.5) is 0 Å². The van der Waals surface area contributed by atoms with Crippen LogP contribution in [0.5, 0.6) is 11.5 Å². The Morgan fingerprint density at radius 1 is 1.11 bits per heavy atom. The molecule has 37 heavy (non-hydrogen) atoms. The summed E-state index contributed by atoms with van der Waals surface area (Å²) in [4.78, 5) is 35.2. The van der Waals surface area contributed by atoms with Crippen LogP contribution in [0.1, 0.15) is 23.0 Å². The molecule has 1 N–H and O–H groups in total. The summed E-state index contributed by atoms with van der Waals surface area (Å²) in [7, 11) is 3.07. The standard InChI is InChI=1S/C27H30N4O6/c1-17-23(30-9-5-4-6-21(30)28-17)25(32)22-24(19-16-18(35-2)7-8-20(19)36-3)31(27(34)26(22)33)11-10-29-12-14-37-15-13-29/h4-9,16,24,32H,10-15H2,1-3H3/b25-22+/t24-/m0/s1. The summed E-state index contributed by atoms with van der Waals surface area (Å²) in [6.07, 6.45) is 1.76. The van der Waals surface area contributed by atoms with Crippen molar-refractivity contribution in [2.75, 3.05) is 53.6 Å². The van der Waals surface area contributed by atoms with Gasteiger partial charge in [0.15, 0.2) is 5.76 Å². The second-order valence-corrected chi connectivity index (χ2v) is 9.03. The third-order valence-corrected chi connectivity index (χ3v) is 6.96. The number of aliphatic hydroxyl groups excluding tert-OH is 1. The molecule has 10 heteroatoms. The van der Waals surface area contributed by atoms with Gasteiger partial charge in [-0.2, -0.15) is 0 Å². The minimum atomic E-state index is -0.875. The number of fused-ring (bicyclic) bond motifs is 1. The number of hydrogen-bond acceptors (Lipinski definition) is 8. The third kappa shape index (κ3) is 4.42. The smallest absolute Gasteiger partial charge is 0.295 e. The van der Waals surface area contributed by atoms with Crippen LogP contribution in [0.2, 0.25) is 0 Å². The first-order chi connectivity index (χ1) is 17.9. The largest absolute Gasteiger partial charge is 0.505 e. The molecule has 2 fully saturated rings. The van der Waals surface area contributed by atoms with E-state index in [1.807, 2.05) is 18.2 Å². The molecule has 0 radical (unpaired) electrons. The molecule has 0 spiro atoms. The Bertz CT molecular complexity index is 1370. The summed E-state index contributed by atoms with van der Waals surface area (Å²) in [5.74, 6) is -0.681. The number of aromatic nitrogens is 2. The third-order valence-electron chi connectivity index (χ3n) is 6.96. The minimum Gasteiger partial charge on any atom is -0.505 e. The van der Waals surface area contributed by atoms with Crippen LogP contribution in [0.15, 0.2) is 48.2 Å². The maximum absolute atomic E-state index is 13.5. The van der Waals surface area contributed by atoms with E-state index < -0.39 is 17.7 Å². The zero-order valence-electron chi connectivity index (χ0n) is 21.1. The number of likely N-dealkylation sites (tertiary alicyclic amines) is 1. The summed E-state index contributed by atoms with van der Waals surface area (Å²) in [5.41, 5.74) is 2.08. The van der Waals surface area contributed by atoms with Gasteiger partial charge in [-0.25, -0.2) is 4.98 Å². The molecule has 2 aliphatic heterocycles. The van der Waals surface area contributed by atoms with Gasteiger partial charge in [0, 0.05) is 37.9 Å². The summed E-state index contributed by atoms with van der Waals surface area (Å²) >= 11 is 0. The molecule has 2 aliphatic rings. The van der Waals surface area contributed by atoms with Crippen molar-refractivity contribution in [2.24, 2.45) is 0 Å². The number of aliphatic hydroxyl groups is 1. The average Bonchev–Trinajstić information content (AvgIpc) is 3.39. The predicted molar refractivity (Wildman–Crippen MR) is 136 cm³/mol. The molecule has 4 heterocycles. The quantitative estimate of drug-likeness (QED) is 0.296. The number of amides is 1. The van der Waals surface area contributed by atoms with Crippen molar-refractivity contribution < 1.29 is 28.9 Å². The SMILES string of the molecule is COc1ccc(OC)c([C@H]2/C(=C(\O)c3c(C)nc4ccccn34)C(=O)C(=O)N2CCN2CCOCC2)c1. The molecule has 3 aromatic rings. The average molecular weight is 507 g/mol. The Morgan fingerprint density at radius 3 is 2.62 bits per heavy atom. The number of ether oxygens (including phenoxy) is 3. The van der Waals surface area contributed by atoms with Crippen molar-refractivity contribution in [3.63, 3.8) is 0 Å². The van der Waals surface area contributed by atoms with Gasteiger partial charge in [-0.15, -0.1) is 0 Å². The lowest BCUT2D eigenvalue weighted by Gasteiger charge is -2.31. The van der Waals surface area contributed by atoms with Crippen LogP contribution in [-0.4, -0.2) is 89.6 Å². The van der Waals surface area contributed by atoms with E-state index in [-0.39, 0.29) is 11.3 Å². The molecule has 0 saturated carbocycles. The molecule has 2 aromatic heterocycles. The first kappa shape index (κ1) is 24.8. The Balaban J connectivity index is 1.67. The fourth-order valence-electron chi connectivity index (χ4n) is 5.09. The zero-order chi connectivity index (χ0) is 26.1. The van der Waals surface area contributed by atoms with Gasteiger partial charge in [-0.05, 0) is 37.3 Å². The van der Waals surface area contributed by atoms with E-state index in [1.165, 1.54) is 12.0 Å². The summed E-state index contributed by atoms with van der Waals surface area (Å²) in [5, 5.41) is 11.7. The highest BCUT2D eigenvalue weighted by Crippen LogP contribution is 2.44. The number of ketones is 1. The van der Waals surface area contributed by atoms with Crippen molar-refractivity contribution in [1.82, 2.24) is 19.2 Å². The van der Waals surface area contributed by atoms with Crippen molar-refractivity contribution in [3.05, 3.63) is 65.1 Å². The molecular formula is C27H30N4O6. The lowest BCUT2D eigenvalue weighted by molar-refractivity contribution is -0.140. The van der Waals surface area contributed by atoms with E-state index in [2.05, 4.69) is 9.88 Å². The number of rotatable bonds is 7. The van der Waals surface area contributed by atoms with Gasteiger partial charge >= 0.3 is 0 Å². The maximum Gasteiger partial charge on any atom is 0.295 e. The van der Waals surface area contributed by atoms with Gasteiger partial charge in [0.25, 0.3) is 11.7 Å². The minimum absolute atomic E-state index is 0.00714. The predicted octanol–water partition coefficient (Wildman–Crippen LogP) is 2.41. The summed E-state index contributed by atoms with van der Waals surface area (Å²) in [6.45, 7) is 5.36. The van der Waals surface area contributed by atoms with Crippen LogP contribution in [0, 0.1) is 6.92 Å². The highest BCUT2D eigenvalue weighted by Gasteiger charge is 2.47. The highest BCUT2D eigenvalue weighted by atomic mass is 16.5. The number of imidazole rings is 1. The molecule has 194 valence electrons. The van der Waals surface area contributed by atoms with E-state index >= 15 is 0 Å². The molecule has 1 aromatic carbocycles. The lowest BCUT2D eigenvalue weighted by atomic mass is 9.95. The monoisotopic (exact) mass is 506 g/mol. The highest BCUT2D eigenvalue weighted by molar-refractivity contribution is 6.46. The Kier molecular flexibility index (Phi) is 6.86. The number of nitrogens with zero attached hydrogens (tertiary/aromatic N) is 4. The number of carbonyl (C=O) groups is 2. The van der Waals surface area contributed by atoms with Crippen LogP contribution in [-0.2, 0) is 14.3 Å². The molecule has 0 bridgehead atoms. The van der Waals surface area contributed by atoms with Crippen LogP contribution in [0.3, 0.4) is 0 Å². The van der Waals surface area contributed by atoms with Crippen molar-refractivity contribution in [3.8, 4) is 11.5 Å². The second kappa shape index (κ2) is 10.2. The molecular weight excluding hydrogens is 476 g/mol. The number of aryl methyl sites for hydroxylation is 1. The van der Waals surface area contributed by atoms with Gasteiger partial charge in [-0.1, -0.05) is 6.07 Å². The first-order valence-electron chi connectivity index (χ1n) is 12.2. The number of carbonyl (C=O) groups excluding carboxylic acids is 2. The van der Waals surface area contributed by atoms with Crippen LogP contribution in [0.25, 0.3) is 11.4 Å². The number of benzene rings is 1. The Hall–Kier alpha value is -3.89. The number of methoxy groups -OCH3 is 2. The molecule has 1 atom stereocenters. The van der Waals surface area contributed by atoms with Crippen LogP contribution < -0.4 is 9.47 Å². The normalized spacial score (nSPS) is 20.1. The van der Waals surface area contributed by atoms with E-state index in [1.54, 1.807) is 42.8 Å². The Labute approximate surface area is 214 Å². The van der Waals surface area contributed by atoms with E-state index in [9.17, 15) is 14.7 Å². The van der Waals surface area contributed by atoms with Gasteiger partial charge in [0.05, 0.1) is 44.7 Å². The molecule has 10 nitrogen and oxygen atoms in total. The van der Waals surface area contributed by atoms with E-state index in [4.69, 9.17) is 14.2 Å². The number of pyridine rings is 1. The van der Waals surface area contributed by atoms with Crippen LogP contribution >= 0.6 is 0 Å². The molecule has 1 amide bonds. The Morgan fingerprint density at radius 2 is 1.89 bits per heavy atom. The maximum atomic E-state index is 13.5. The first-order valence-corrected chi connectivity index (χ1v) is 12.2. The van der Waals surface area contributed by atoms with Crippen molar-refractivity contribution >= 4 is 23.1 Å². The fraction of sp³-hybridized carbons (Fsp3) is 0.370. The van der Waals surface area contributed by atoms with Crippen molar-refractivity contribution in [2.45, 2.75) is 13.0 Å². The van der Waals surface area contributed by atoms with E-state index in [0.717, 1.165) is 13.1 Å². The van der Waals surface area contributed by atoms with Crippen molar-refractivity contribution in [1.29, 1.82) is 0 Å². The number of Topliss-reactive ketones (excluding diaryl/α,β-unsaturated/α-hetero) is 1. The van der Waals surface area contributed by atoms with E-state index in [0.29, 0.717) is 60.4 Å². The zero-order valence-corrected chi connectivity index (χ0v) is 21.1.